The van der Waals surface area contributed by atoms with Crippen molar-refractivity contribution >= 4 is 0 Å². The molecule has 86 valence electrons. The minimum absolute atomic E-state index is 0.580. The Kier molecular flexibility index (Phi) is 4.82. The molecule has 1 unspecified atom stereocenters. The van der Waals surface area contributed by atoms with Gasteiger partial charge in [-0.1, -0.05) is 13.8 Å². The fourth-order valence-electron chi connectivity index (χ4n) is 1.74. The van der Waals surface area contributed by atoms with Crippen LogP contribution in [0.3, 0.4) is 0 Å². The van der Waals surface area contributed by atoms with Crippen LogP contribution in [0.2, 0.25) is 0 Å². The summed E-state index contributed by atoms with van der Waals surface area (Å²) in [5.74, 6) is 0.787. The zero-order valence-electron chi connectivity index (χ0n) is 10.3. The van der Waals surface area contributed by atoms with Crippen LogP contribution in [0.4, 0.5) is 0 Å². The number of rotatable bonds is 6. The first-order valence-corrected chi connectivity index (χ1v) is 5.76. The average molecular weight is 209 g/mol. The third-order valence-corrected chi connectivity index (χ3v) is 2.74. The summed E-state index contributed by atoms with van der Waals surface area (Å²) in [7, 11) is 4.01. The zero-order chi connectivity index (χ0) is 11.3. The van der Waals surface area contributed by atoms with Crippen LogP contribution in [-0.4, -0.2) is 22.9 Å². The molecule has 15 heavy (non-hydrogen) atoms. The second-order valence-electron chi connectivity index (χ2n) is 4.68. The third-order valence-electron chi connectivity index (χ3n) is 2.74. The van der Waals surface area contributed by atoms with Gasteiger partial charge in [-0.3, -0.25) is 4.68 Å². The van der Waals surface area contributed by atoms with E-state index in [0.717, 1.165) is 12.3 Å². The Morgan fingerprint density at radius 3 is 2.60 bits per heavy atom. The highest BCUT2D eigenvalue weighted by atomic mass is 15.2. The van der Waals surface area contributed by atoms with Gasteiger partial charge in [0.2, 0.25) is 0 Å². The molecule has 0 aliphatic rings. The Morgan fingerprint density at radius 1 is 1.40 bits per heavy atom. The van der Waals surface area contributed by atoms with Crippen molar-refractivity contribution in [3.63, 3.8) is 0 Å². The van der Waals surface area contributed by atoms with Crippen LogP contribution in [0.15, 0.2) is 12.4 Å². The van der Waals surface area contributed by atoms with E-state index in [1.807, 2.05) is 25.0 Å². The maximum absolute atomic E-state index is 4.19. The van der Waals surface area contributed by atoms with Crippen molar-refractivity contribution in [1.82, 2.24) is 15.1 Å². The Labute approximate surface area is 92.9 Å². The number of hydrogen-bond acceptors (Lipinski definition) is 2. The first-order chi connectivity index (χ1) is 7.11. The van der Waals surface area contributed by atoms with Gasteiger partial charge >= 0.3 is 0 Å². The summed E-state index contributed by atoms with van der Waals surface area (Å²) in [6, 6.07) is 0.580. The molecule has 0 bridgehead atoms. The number of aryl methyl sites for hydroxylation is 1. The summed E-state index contributed by atoms with van der Waals surface area (Å²) in [6.45, 7) is 4.55. The molecule has 0 amide bonds. The molecule has 0 aliphatic heterocycles. The standard InChI is InChI=1S/C12H23N3/c1-10(2)5-6-12(13-3)7-11-8-14-15(4)9-11/h8-10,12-13H,5-7H2,1-4H3. The Morgan fingerprint density at radius 2 is 2.13 bits per heavy atom. The van der Waals surface area contributed by atoms with Crippen molar-refractivity contribution < 1.29 is 0 Å². The van der Waals surface area contributed by atoms with Crippen molar-refractivity contribution in [2.45, 2.75) is 39.2 Å². The highest BCUT2D eigenvalue weighted by molar-refractivity contribution is 5.05. The zero-order valence-corrected chi connectivity index (χ0v) is 10.3. The van der Waals surface area contributed by atoms with Gasteiger partial charge in [0.15, 0.2) is 0 Å². The SMILES string of the molecule is CNC(CCC(C)C)Cc1cnn(C)c1. The van der Waals surface area contributed by atoms with Crippen molar-refractivity contribution in [3.05, 3.63) is 18.0 Å². The summed E-state index contributed by atoms with van der Waals surface area (Å²) in [6.07, 6.45) is 7.66. The van der Waals surface area contributed by atoms with Gasteiger partial charge in [0.05, 0.1) is 6.20 Å². The highest BCUT2D eigenvalue weighted by Gasteiger charge is 2.09. The van der Waals surface area contributed by atoms with Crippen LogP contribution in [0.25, 0.3) is 0 Å². The lowest BCUT2D eigenvalue weighted by Crippen LogP contribution is -2.27. The van der Waals surface area contributed by atoms with Crippen molar-refractivity contribution in [2.24, 2.45) is 13.0 Å². The van der Waals surface area contributed by atoms with Gasteiger partial charge < -0.3 is 5.32 Å². The second kappa shape index (κ2) is 5.91. The van der Waals surface area contributed by atoms with E-state index in [2.05, 4.69) is 30.5 Å². The number of likely N-dealkylation sites (N-methyl/N-ethyl adjacent to an activating group) is 1. The normalized spacial score (nSPS) is 13.4. The minimum Gasteiger partial charge on any atom is -0.317 e. The molecular formula is C12H23N3. The van der Waals surface area contributed by atoms with Gasteiger partial charge in [0.1, 0.15) is 0 Å². The number of aromatic nitrogens is 2. The van der Waals surface area contributed by atoms with Gasteiger partial charge in [-0.15, -0.1) is 0 Å². The minimum atomic E-state index is 0.580. The van der Waals surface area contributed by atoms with E-state index in [4.69, 9.17) is 0 Å². The summed E-state index contributed by atoms with van der Waals surface area (Å²) in [5, 5.41) is 7.57. The molecule has 0 saturated heterocycles. The summed E-state index contributed by atoms with van der Waals surface area (Å²) < 4.78 is 1.87. The van der Waals surface area contributed by atoms with E-state index in [0.29, 0.717) is 6.04 Å². The molecule has 1 aromatic rings. The largest absolute Gasteiger partial charge is 0.317 e. The predicted molar refractivity (Wildman–Crippen MR) is 63.8 cm³/mol. The van der Waals surface area contributed by atoms with E-state index in [1.165, 1.54) is 18.4 Å². The molecule has 3 heteroatoms. The fourth-order valence-corrected chi connectivity index (χ4v) is 1.74. The molecule has 1 rings (SSSR count). The molecule has 1 N–H and O–H groups in total. The second-order valence-corrected chi connectivity index (χ2v) is 4.68. The van der Waals surface area contributed by atoms with Crippen molar-refractivity contribution in [3.8, 4) is 0 Å². The van der Waals surface area contributed by atoms with E-state index in [1.54, 1.807) is 0 Å². The maximum Gasteiger partial charge on any atom is 0.0522 e. The smallest absolute Gasteiger partial charge is 0.0522 e. The van der Waals surface area contributed by atoms with Gasteiger partial charge in [-0.2, -0.15) is 5.10 Å². The molecule has 0 aliphatic carbocycles. The Balaban J connectivity index is 2.39. The first-order valence-electron chi connectivity index (χ1n) is 5.76. The van der Waals surface area contributed by atoms with Crippen LogP contribution >= 0.6 is 0 Å². The predicted octanol–water partition coefficient (Wildman–Crippen LogP) is 1.99. The van der Waals surface area contributed by atoms with Gasteiger partial charge in [-0.05, 0) is 37.8 Å². The van der Waals surface area contributed by atoms with Crippen molar-refractivity contribution in [1.29, 1.82) is 0 Å². The number of nitrogens with zero attached hydrogens (tertiary/aromatic N) is 2. The van der Waals surface area contributed by atoms with Crippen LogP contribution in [0.5, 0.6) is 0 Å². The topological polar surface area (TPSA) is 29.9 Å². The van der Waals surface area contributed by atoms with E-state index in [-0.39, 0.29) is 0 Å². The lowest BCUT2D eigenvalue weighted by Gasteiger charge is -2.16. The van der Waals surface area contributed by atoms with Crippen LogP contribution in [0.1, 0.15) is 32.3 Å². The molecule has 0 saturated carbocycles. The molecule has 1 aromatic heterocycles. The summed E-state index contributed by atoms with van der Waals surface area (Å²) in [4.78, 5) is 0. The number of nitrogens with one attached hydrogen (secondary N) is 1. The van der Waals surface area contributed by atoms with Crippen LogP contribution < -0.4 is 5.32 Å². The Bertz CT molecular complexity index is 278. The van der Waals surface area contributed by atoms with E-state index < -0.39 is 0 Å². The van der Waals surface area contributed by atoms with Gasteiger partial charge in [-0.25, -0.2) is 0 Å². The molecule has 0 fully saturated rings. The first kappa shape index (κ1) is 12.2. The van der Waals surface area contributed by atoms with Crippen LogP contribution in [-0.2, 0) is 13.5 Å². The molecule has 3 nitrogen and oxygen atoms in total. The van der Waals surface area contributed by atoms with Crippen LogP contribution in [0, 0.1) is 5.92 Å². The van der Waals surface area contributed by atoms with Crippen molar-refractivity contribution in [2.75, 3.05) is 7.05 Å². The maximum atomic E-state index is 4.19. The van der Waals surface area contributed by atoms with E-state index in [9.17, 15) is 0 Å². The summed E-state index contributed by atoms with van der Waals surface area (Å²) in [5.41, 5.74) is 1.32. The molecular weight excluding hydrogens is 186 g/mol. The average Bonchev–Trinajstić information content (AvgIpc) is 2.58. The fraction of sp³-hybridized carbons (Fsp3) is 0.750. The lowest BCUT2D eigenvalue weighted by atomic mass is 9.99. The molecule has 0 aromatic carbocycles. The molecule has 0 radical (unpaired) electrons. The molecule has 0 spiro atoms. The van der Waals surface area contributed by atoms with Gasteiger partial charge in [0.25, 0.3) is 0 Å². The molecule has 1 atom stereocenters. The summed E-state index contributed by atoms with van der Waals surface area (Å²) >= 11 is 0. The van der Waals surface area contributed by atoms with Gasteiger partial charge in [0, 0.05) is 19.3 Å². The third kappa shape index (κ3) is 4.47. The highest BCUT2D eigenvalue weighted by Crippen LogP contribution is 2.10. The quantitative estimate of drug-likeness (QED) is 0.776. The monoisotopic (exact) mass is 209 g/mol. The lowest BCUT2D eigenvalue weighted by molar-refractivity contribution is 0.450. The van der Waals surface area contributed by atoms with E-state index >= 15 is 0 Å². The number of hydrogen-bond donors (Lipinski definition) is 1. The Hall–Kier alpha value is -0.830. The molecule has 1 heterocycles.